The van der Waals surface area contributed by atoms with Crippen molar-refractivity contribution in [2.24, 2.45) is 0 Å². The van der Waals surface area contributed by atoms with E-state index in [0.717, 1.165) is 6.54 Å². The third-order valence-electron chi connectivity index (χ3n) is 0.447. The van der Waals surface area contributed by atoms with E-state index in [2.05, 4.69) is 12.2 Å². The summed E-state index contributed by atoms with van der Waals surface area (Å²) in [7, 11) is 1.84. The first kappa shape index (κ1) is 16.0. The van der Waals surface area contributed by atoms with Crippen LogP contribution in [0, 0.1) is 0 Å². The van der Waals surface area contributed by atoms with Crippen LogP contribution in [0.4, 0.5) is 0 Å². The minimum Gasteiger partial charge on any atom is -0.665 e. The van der Waals surface area contributed by atoms with Gasteiger partial charge in [0, 0.05) is 32.7 Å². The zero-order chi connectivity index (χ0) is 6.12. The van der Waals surface area contributed by atoms with Crippen LogP contribution in [-0.2, 0) is 32.7 Å². The van der Waals surface area contributed by atoms with Gasteiger partial charge in [-0.15, -0.1) is 6.54 Å². The Labute approximate surface area is 78.5 Å². The minimum atomic E-state index is 0. The molecular formula is C6H16NY-. The Morgan fingerprint density at radius 3 is 1.62 bits per heavy atom. The van der Waals surface area contributed by atoms with Crippen LogP contribution < -0.4 is 0 Å². The van der Waals surface area contributed by atoms with E-state index in [9.17, 15) is 0 Å². The van der Waals surface area contributed by atoms with Crippen LogP contribution in [0.15, 0.2) is 0 Å². The van der Waals surface area contributed by atoms with Gasteiger partial charge in [0.05, 0.1) is 0 Å². The molecule has 0 spiro atoms. The molecule has 1 nitrogen and oxygen atoms in total. The van der Waals surface area contributed by atoms with Crippen LogP contribution in [0.25, 0.3) is 5.32 Å². The molecule has 0 rings (SSSR count). The average molecular weight is 191 g/mol. The fraction of sp³-hybridized carbons (Fsp3) is 1.00. The zero-order valence-electron chi connectivity index (χ0n) is 6.44. The molecule has 0 atom stereocenters. The van der Waals surface area contributed by atoms with Crippen molar-refractivity contribution in [3.05, 3.63) is 5.32 Å². The Morgan fingerprint density at radius 2 is 1.62 bits per heavy atom. The third-order valence-corrected chi connectivity index (χ3v) is 0.447. The van der Waals surface area contributed by atoms with Gasteiger partial charge >= 0.3 is 0 Å². The largest absolute Gasteiger partial charge is 0.665 e. The molecule has 8 heavy (non-hydrogen) atoms. The summed E-state index contributed by atoms with van der Waals surface area (Å²) in [4.78, 5) is 0. The summed E-state index contributed by atoms with van der Waals surface area (Å²) in [5.41, 5.74) is 0. The summed E-state index contributed by atoms with van der Waals surface area (Å²) in [6.45, 7) is 7.13. The van der Waals surface area contributed by atoms with Gasteiger partial charge in [0.15, 0.2) is 0 Å². The predicted octanol–water partition coefficient (Wildman–Crippen LogP) is 2.42. The fourth-order valence-electron chi connectivity index (χ4n) is 0.224. The predicted molar refractivity (Wildman–Crippen MR) is 35.8 cm³/mol. The summed E-state index contributed by atoms with van der Waals surface area (Å²) in [5, 5.41) is 3.85. The van der Waals surface area contributed by atoms with E-state index in [1.54, 1.807) is 0 Å². The van der Waals surface area contributed by atoms with Crippen molar-refractivity contribution in [3.8, 4) is 0 Å². The molecule has 0 aromatic carbocycles. The summed E-state index contributed by atoms with van der Waals surface area (Å²) < 4.78 is 0. The molecule has 0 aliphatic rings. The molecule has 0 saturated heterocycles. The van der Waals surface area contributed by atoms with Crippen LogP contribution in [0.5, 0.6) is 0 Å². The number of hydrogen-bond donors (Lipinski definition) is 0. The molecule has 0 N–H and O–H groups in total. The normalized spacial score (nSPS) is 6.00. The molecule has 0 bridgehead atoms. The Bertz CT molecular complexity index is 16.0. The Morgan fingerprint density at radius 1 is 1.25 bits per heavy atom. The molecule has 0 heterocycles. The van der Waals surface area contributed by atoms with E-state index in [1.165, 1.54) is 6.42 Å². The van der Waals surface area contributed by atoms with Crippen molar-refractivity contribution < 1.29 is 32.7 Å². The van der Waals surface area contributed by atoms with Crippen molar-refractivity contribution in [1.29, 1.82) is 0 Å². The van der Waals surface area contributed by atoms with E-state index in [0.29, 0.717) is 0 Å². The molecule has 0 aromatic rings. The monoisotopic (exact) mass is 191 g/mol. The maximum absolute atomic E-state index is 3.85. The maximum Gasteiger partial charge on any atom is 0 e. The Balaban J connectivity index is -0.0000000750. The van der Waals surface area contributed by atoms with Crippen LogP contribution in [0.2, 0.25) is 0 Å². The second-order valence-corrected chi connectivity index (χ2v) is 1.04. The second kappa shape index (κ2) is 24.4. The maximum atomic E-state index is 3.85. The van der Waals surface area contributed by atoms with Gasteiger partial charge in [-0.1, -0.05) is 27.2 Å². The quantitative estimate of drug-likeness (QED) is 0.636. The van der Waals surface area contributed by atoms with Gasteiger partial charge in [0.25, 0.3) is 0 Å². The van der Waals surface area contributed by atoms with E-state index >= 15 is 0 Å². The first-order valence-electron chi connectivity index (χ1n) is 2.97. The van der Waals surface area contributed by atoms with Crippen molar-refractivity contribution in [2.75, 3.05) is 13.6 Å². The number of hydrogen-bond acceptors (Lipinski definition) is 0. The number of rotatable bonds is 2. The Hall–Kier alpha value is 1.06. The summed E-state index contributed by atoms with van der Waals surface area (Å²) in [6.07, 6.45) is 1.18. The average Bonchev–Trinajstić information content (AvgIpc) is 1.75. The van der Waals surface area contributed by atoms with Gasteiger partial charge in [-0.3, -0.25) is 0 Å². The van der Waals surface area contributed by atoms with Crippen molar-refractivity contribution in [1.82, 2.24) is 0 Å². The van der Waals surface area contributed by atoms with Crippen LogP contribution in [0.1, 0.15) is 27.2 Å². The van der Waals surface area contributed by atoms with E-state index < -0.39 is 0 Å². The molecule has 0 aromatic heterocycles. The van der Waals surface area contributed by atoms with E-state index in [4.69, 9.17) is 0 Å². The molecule has 0 amide bonds. The molecule has 1 radical (unpaired) electrons. The molecule has 49 valence electrons. The van der Waals surface area contributed by atoms with Gasteiger partial charge in [-0.05, 0) is 0 Å². The first-order chi connectivity index (χ1) is 3.41. The molecule has 0 unspecified atom stereocenters. The summed E-state index contributed by atoms with van der Waals surface area (Å²) in [5.74, 6) is 0. The third kappa shape index (κ3) is 27.7. The Kier molecular flexibility index (Phi) is 48.8. The smallest absolute Gasteiger partial charge is 0 e. The van der Waals surface area contributed by atoms with Gasteiger partial charge in [0.2, 0.25) is 0 Å². The second-order valence-electron chi connectivity index (χ2n) is 1.04. The van der Waals surface area contributed by atoms with Crippen molar-refractivity contribution in [3.63, 3.8) is 0 Å². The molecule has 0 saturated carbocycles. The summed E-state index contributed by atoms with van der Waals surface area (Å²) >= 11 is 0. The number of nitrogens with zero attached hydrogens (tertiary/aromatic N) is 1. The molecule has 0 aliphatic carbocycles. The van der Waals surface area contributed by atoms with Gasteiger partial charge in [-0.2, -0.15) is 7.05 Å². The topological polar surface area (TPSA) is 14.1 Å². The van der Waals surface area contributed by atoms with E-state index in [-0.39, 0.29) is 32.7 Å². The van der Waals surface area contributed by atoms with Crippen molar-refractivity contribution >= 4 is 0 Å². The fourth-order valence-corrected chi connectivity index (χ4v) is 0.224. The van der Waals surface area contributed by atoms with E-state index in [1.807, 2.05) is 20.9 Å². The van der Waals surface area contributed by atoms with Gasteiger partial charge < -0.3 is 5.32 Å². The standard InChI is InChI=1S/C4H10N.C2H6.Y/c1-3-4-5-2;1-2;/h3-4H2,1-2H3;1-2H3;/q-1;;. The van der Waals surface area contributed by atoms with Crippen molar-refractivity contribution in [2.45, 2.75) is 27.2 Å². The molecule has 2 heteroatoms. The van der Waals surface area contributed by atoms with Gasteiger partial charge in [0.1, 0.15) is 0 Å². The minimum absolute atomic E-state index is 0. The van der Waals surface area contributed by atoms with Gasteiger partial charge in [-0.25, -0.2) is 0 Å². The molecular weight excluding hydrogens is 175 g/mol. The van der Waals surface area contributed by atoms with Crippen LogP contribution in [-0.4, -0.2) is 13.6 Å². The molecule has 0 fully saturated rings. The van der Waals surface area contributed by atoms with Crippen LogP contribution in [0.3, 0.4) is 0 Å². The van der Waals surface area contributed by atoms with Crippen LogP contribution >= 0.6 is 0 Å². The first-order valence-corrected chi connectivity index (χ1v) is 2.97. The summed E-state index contributed by atoms with van der Waals surface area (Å²) in [6, 6.07) is 0. The molecule has 0 aliphatic heterocycles. The SMILES string of the molecule is CC.CCC[N-]C.[Y]. The zero-order valence-corrected chi connectivity index (χ0v) is 9.28.